The first kappa shape index (κ1) is 32.3. The topological polar surface area (TPSA) is 156 Å². The molecule has 2 rings (SSSR count). The van der Waals surface area contributed by atoms with Gasteiger partial charge in [-0.25, -0.2) is 4.79 Å². The number of nitrogens with zero attached hydrogens (tertiary/aromatic N) is 1. The standard InChI is InChI=1S/C26H42N2O11/c1-14(29)27-21-19(11-10-18-12-35-26(8,9)28(18)24(33)39-25(5,6)7)38-20(13-34-15(2)30)22(36-16(3)31)23(21)37-17(4)32/h18-23H,10-13H2,1-9H3,(H,27,29)/t18-,19-,20+,21-,22+,23+/m0/s1. The quantitative estimate of drug-likeness (QED) is 0.342. The Morgan fingerprint density at radius 1 is 0.897 bits per heavy atom. The summed E-state index contributed by atoms with van der Waals surface area (Å²) in [4.78, 5) is 62.3. The summed E-state index contributed by atoms with van der Waals surface area (Å²) in [7, 11) is 0. The Morgan fingerprint density at radius 3 is 2.00 bits per heavy atom. The summed E-state index contributed by atoms with van der Waals surface area (Å²) in [6.07, 6.45) is -3.94. The van der Waals surface area contributed by atoms with Crippen molar-refractivity contribution >= 4 is 29.9 Å². The average molecular weight is 559 g/mol. The van der Waals surface area contributed by atoms with E-state index in [2.05, 4.69) is 5.32 Å². The van der Waals surface area contributed by atoms with Crippen molar-refractivity contribution in [2.24, 2.45) is 0 Å². The largest absolute Gasteiger partial charge is 0.463 e. The van der Waals surface area contributed by atoms with Crippen LogP contribution in [0.15, 0.2) is 0 Å². The predicted molar refractivity (Wildman–Crippen MR) is 135 cm³/mol. The van der Waals surface area contributed by atoms with Crippen LogP contribution in [0, 0.1) is 0 Å². The first-order valence-electron chi connectivity index (χ1n) is 13.0. The zero-order valence-electron chi connectivity index (χ0n) is 24.2. The Hall–Kier alpha value is -2.93. The molecule has 2 heterocycles. The van der Waals surface area contributed by atoms with E-state index in [1.165, 1.54) is 32.6 Å². The van der Waals surface area contributed by atoms with Crippen molar-refractivity contribution in [3.8, 4) is 0 Å². The van der Waals surface area contributed by atoms with E-state index in [0.29, 0.717) is 6.42 Å². The Labute approximate surface area is 229 Å². The van der Waals surface area contributed by atoms with Gasteiger partial charge < -0.3 is 33.7 Å². The maximum atomic E-state index is 13.0. The van der Waals surface area contributed by atoms with Gasteiger partial charge in [0.1, 0.15) is 24.0 Å². The summed E-state index contributed by atoms with van der Waals surface area (Å²) in [6.45, 7) is 13.7. The molecule has 0 aliphatic carbocycles. The van der Waals surface area contributed by atoms with Crippen molar-refractivity contribution in [1.29, 1.82) is 0 Å². The van der Waals surface area contributed by atoms with Crippen molar-refractivity contribution in [1.82, 2.24) is 10.2 Å². The van der Waals surface area contributed by atoms with Crippen LogP contribution in [0.5, 0.6) is 0 Å². The van der Waals surface area contributed by atoms with Crippen LogP contribution in [0.4, 0.5) is 4.79 Å². The van der Waals surface area contributed by atoms with Crippen LogP contribution in [0.1, 0.15) is 75.2 Å². The van der Waals surface area contributed by atoms with Crippen molar-refractivity contribution in [2.45, 2.75) is 123 Å². The highest BCUT2D eigenvalue weighted by Gasteiger charge is 2.51. The fourth-order valence-corrected chi connectivity index (χ4v) is 4.80. The van der Waals surface area contributed by atoms with Gasteiger partial charge in [0.15, 0.2) is 12.2 Å². The molecule has 0 unspecified atom stereocenters. The fraction of sp³-hybridized carbons (Fsp3) is 0.808. The zero-order valence-corrected chi connectivity index (χ0v) is 24.2. The Morgan fingerprint density at radius 2 is 1.49 bits per heavy atom. The molecule has 222 valence electrons. The highest BCUT2D eigenvalue weighted by molar-refractivity contribution is 5.74. The van der Waals surface area contributed by atoms with Crippen LogP contribution in [-0.2, 0) is 47.6 Å². The summed E-state index contributed by atoms with van der Waals surface area (Å²) in [5.74, 6) is -2.34. The molecule has 13 heteroatoms. The van der Waals surface area contributed by atoms with Gasteiger partial charge in [-0.2, -0.15) is 0 Å². The third-order valence-corrected chi connectivity index (χ3v) is 6.17. The third-order valence-electron chi connectivity index (χ3n) is 6.17. The molecule has 0 radical (unpaired) electrons. The molecule has 2 amide bonds. The normalized spacial score (nSPS) is 28.3. The second kappa shape index (κ2) is 12.9. The van der Waals surface area contributed by atoms with E-state index in [9.17, 15) is 24.0 Å². The molecular weight excluding hydrogens is 516 g/mol. The molecule has 0 aromatic carbocycles. The molecular formula is C26H42N2O11. The van der Waals surface area contributed by atoms with E-state index >= 15 is 0 Å². The Kier molecular flexibility index (Phi) is 10.7. The van der Waals surface area contributed by atoms with Crippen LogP contribution in [-0.4, -0.2) is 95.8 Å². The molecule has 2 fully saturated rings. The lowest BCUT2D eigenvalue weighted by molar-refractivity contribution is -0.224. The molecule has 0 spiro atoms. The van der Waals surface area contributed by atoms with Gasteiger partial charge in [-0.1, -0.05) is 0 Å². The van der Waals surface area contributed by atoms with Crippen LogP contribution in [0.3, 0.4) is 0 Å². The van der Waals surface area contributed by atoms with E-state index in [-0.39, 0.29) is 25.7 Å². The predicted octanol–water partition coefficient (Wildman–Crippen LogP) is 1.84. The lowest BCUT2D eigenvalue weighted by Crippen LogP contribution is -2.66. The minimum atomic E-state index is -1.16. The zero-order chi connectivity index (χ0) is 29.7. The van der Waals surface area contributed by atoms with E-state index in [4.69, 9.17) is 28.4 Å². The molecule has 13 nitrogen and oxygen atoms in total. The molecule has 6 atom stereocenters. The number of hydrogen-bond donors (Lipinski definition) is 1. The summed E-state index contributed by atoms with van der Waals surface area (Å²) in [5, 5.41) is 2.76. The Bertz CT molecular complexity index is 929. The van der Waals surface area contributed by atoms with Crippen molar-refractivity contribution in [3.05, 3.63) is 0 Å². The number of rotatable bonds is 8. The Balaban J connectivity index is 2.37. The van der Waals surface area contributed by atoms with Crippen molar-refractivity contribution < 1.29 is 52.4 Å². The summed E-state index contributed by atoms with van der Waals surface area (Å²) >= 11 is 0. The molecule has 2 aliphatic rings. The van der Waals surface area contributed by atoms with Gasteiger partial charge in [0.25, 0.3) is 0 Å². The van der Waals surface area contributed by atoms with E-state index in [1.54, 1.807) is 34.6 Å². The summed E-state index contributed by atoms with van der Waals surface area (Å²) < 4.78 is 33.8. The molecule has 39 heavy (non-hydrogen) atoms. The van der Waals surface area contributed by atoms with E-state index in [0.717, 1.165) is 0 Å². The van der Waals surface area contributed by atoms with Gasteiger partial charge in [-0.3, -0.25) is 24.1 Å². The number of hydrogen-bond acceptors (Lipinski definition) is 11. The lowest BCUT2D eigenvalue weighted by Gasteiger charge is -2.45. The van der Waals surface area contributed by atoms with Crippen LogP contribution in [0.25, 0.3) is 0 Å². The fourth-order valence-electron chi connectivity index (χ4n) is 4.80. The van der Waals surface area contributed by atoms with Gasteiger partial charge in [-0.15, -0.1) is 0 Å². The molecule has 2 aliphatic heterocycles. The number of esters is 3. The highest BCUT2D eigenvalue weighted by atomic mass is 16.6. The number of nitrogens with one attached hydrogen (secondary N) is 1. The average Bonchev–Trinajstić information content (AvgIpc) is 3.06. The smallest absolute Gasteiger partial charge is 0.412 e. The van der Waals surface area contributed by atoms with Gasteiger partial charge in [0.05, 0.1) is 24.8 Å². The SMILES string of the molecule is CC(=O)N[C@@H]1[C@@H](OC(C)=O)[C@H](OC(C)=O)[C@@H](COC(C)=O)O[C@H]1CC[C@H]1COC(C)(C)N1C(=O)OC(C)(C)C. The van der Waals surface area contributed by atoms with Gasteiger partial charge in [0.2, 0.25) is 5.91 Å². The lowest BCUT2D eigenvalue weighted by atomic mass is 9.89. The monoisotopic (exact) mass is 558 g/mol. The van der Waals surface area contributed by atoms with Crippen molar-refractivity contribution in [2.75, 3.05) is 13.2 Å². The summed E-state index contributed by atoms with van der Waals surface area (Å²) in [5.41, 5.74) is -1.63. The molecule has 0 aromatic rings. The minimum Gasteiger partial charge on any atom is -0.463 e. The van der Waals surface area contributed by atoms with Crippen molar-refractivity contribution in [3.63, 3.8) is 0 Å². The maximum absolute atomic E-state index is 13.0. The number of carbonyl (C=O) groups is 5. The highest BCUT2D eigenvalue weighted by Crippen LogP contribution is 2.34. The third kappa shape index (κ3) is 9.34. The van der Waals surface area contributed by atoms with Gasteiger partial charge in [-0.05, 0) is 47.5 Å². The first-order valence-corrected chi connectivity index (χ1v) is 13.0. The van der Waals surface area contributed by atoms with Crippen LogP contribution in [0.2, 0.25) is 0 Å². The molecule has 1 N–H and O–H groups in total. The minimum absolute atomic E-state index is 0.240. The number of ether oxygens (including phenoxy) is 6. The van der Waals surface area contributed by atoms with Crippen LogP contribution >= 0.6 is 0 Å². The van der Waals surface area contributed by atoms with Gasteiger partial charge >= 0.3 is 24.0 Å². The molecule has 2 saturated heterocycles. The molecule has 0 bridgehead atoms. The summed E-state index contributed by atoms with van der Waals surface area (Å²) in [6, 6.07) is -1.30. The maximum Gasteiger partial charge on any atom is 0.412 e. The molecule has 0 saturated carbocycles. The second-order valence-corrected chi connectivity index (χ2v) is 11.2. The second-order valence-electron chi connectivity index (χ2n) is 11.2. The van der Waals surface area contributed by atoms with Gasteiger partial charge in [0, 0.05) is 27.7 Å². The van der Waals surface area contributed by atoms with Crippen LogP contribution < -0.4 is 5.32 Å². The number of amides is 2. The molecule has 0 aromatic heterocycles. The van der Waals surface area contributed by atoms with E-state index < -0.39 is 71.7 Å². The van der Waals surface area contributed by atoms with E-state index in [1.807, 2.05) is 0 Å². The number of carbonyl (C=O) groups excluding carboxylic acids is 5. The first-order chi connectivity index (χ1) is 17.9.